The fourth-order valence-electron chi connectivity index (χ4n) is 2.84. The summed E-state index contributed by atoms with van der Waals surface area (Å²) in [6.07, 6.45) is 5.09. The maximum atomic E-state index is 5.04. The molecule has 0 atom stereocenters. The lowest BCUT2D eigenvalue weighted by Crippen LogP contribution is -2.21. The van der Waals surface area contributed by atoms with Crippen LogP contribution in [0.4, 0.5) is 0 Å². The molecule has 1 aromatic heterocycles. The Balaban J connectivity index is 1.97. The molecule has 0 aliphatic heterocycles. The molecule has 1 aliphatic rings. The van der Waals surface area contributed by atoms with Crippen LogP contribution in [0.5, 0.6) is 0 Å². The van der Waals surface area contributed by atoms with Crippen LogP contribution in [0.2, 0.25) is 0 Å². The highest BCUT2D eigenvalue weighted by Gasteiger charge is 2.22. The van der Waals surface area contributed by atoms with Crippen molar-refractivity contribution in [3.63, 3.8) is 0 Å². The first-order chi connectivity index (χ1) is 9.69. The molecule has 0 aromatic carbocycles. The molecule has 1 saturated carbocycles. The van der Waals surface area contributed by atoms with Gasteiger partial charge in [0.1, 0.15) is 5.82 Å². The van der Waals surface area contributed by atoms with Gasteiger partial charge in [0.2, 0.25) is 0 Å². The van der Waals surface area contributed by atoms with E-state index in [0.717, 1.165) is 42.8 Å². The summed E-state index contributed by atoms with van der Waals surface area (Å²) < 4.78 is 5.04. The van der Waals surface area contributed by atoms with E-state index in [1.54, 1.807) is 7.11 Å². The Morgan fingerprint density at radius 1 is 1.25 bits per heavy atom. The fourth-order valence-corrected chi connectivity index (χ4v) is 2.84. The molecule has 1 N–H and O–H groups in total. The maximum Gasteiger partial charge on any atom is 0.131 e. The number of nitrogens with zero attached hydrogens (tertiary/aromatic N) is 2. The normalized spacial score (nSPS) is 22.9. The van der Waals surface area contributed by atoms with Crippen LogP contribution in [0.15, 0.2) is 6.07 Å². The van der Waals surface area contributed by atoms with Crippen LogP contribution in [0.25, 0.3) is 0 Å². The molecule has 1 aromatic rings. The lowest BCUT2D eigenvalue weighted by atomic mass is 9.82. The molecule has 1 aliphatic carbocycles. The van der Waals surface area contributed by atoms with E-state index in [0.29, 0.717) is 5.92 Å². The number of aryl methyl sites for hydroxylation is 1. The van der Waals surface area contributed by atoms with Gasteiger partial charge in [-0.2, -0.15) is 0 Å². The molecular weight excluding hydrogens is 250 g/mol. The van der Waals surface area contributed by atoms with Gasteiger partial charge in [-0.3, -0.25) is 0 Å². The first kappa shape index (κ1) is 15.4. The van der Waals surface area contributed by atoms with Crippen LogP contribution < -0.4 is 5.32 Å². The molecule has 1 heterocycles. The number of rotatable bonds is 6. The van der Waals surface area contributed by atoms with E-state index in [1.807, 2.05) is 0 Å². The van der Waals surface area contributed by atoms with E-state index >= 15 is 0 Å². The summed E-state index contributed by atoms with van der Waals surface area (Å²) >= 11 is 0. The SMILES string of the molecule is COCCNCc1cc(C)nc(C2CCC(C)CC2)n1. The van der Waals surface area contributed by atoms with Crippen LogP contribution in [-0.4, -0.2) is 30.2 Å². The summed E-state index contributed by atoms with van der Waals surface area (Å²) in [6, 6.07) is 2.08. The van der Waals surface area contributed by atoms with Gasteiger partial charge in [-0.15, -0.1) is 0 Å². The number of methoxy groups -OCH3 is 1. The summed E-state index contributed by atoms with van der Waals surface area (Å²) in [5.41, 5.74) is 2.18. The van der Waals surface area contributed by atoms with Gasteiger partial charge in [0.05, 0.1) is 12.3 Å². The van der Waals surface area contributed by atoms with Crippen LogP contribution in [-0.2, 0) is 11.3 Å². The van der Waals surface area contributed by atoms with Crippen LogP contribution >= 0.6 is 0 Å². The van der Waals surface area contributed by atoms with Crippen molar-refractivity contribution >= 4 is 0 Å². The van der Waals surface area contributed by atoms with Gasteiger partial charge >= 0.3 is 0 Å². The highest BCUT2D eigenvalue weighted by atomic mass is 16.5. The average Bonchev–Trinajstić information content (AvgIpc) is 2.44. The van der Waals surface area contributed by atoms with E-state index in [9.17, 15) is 0 Å². The van der Waals surface area contributed by atoms with E-state index in [4.69, 9.17) is 9.72 Å². The Labute approximate surface area is 122 Å². The Bertz CT molecular complexity index is 414. The molecule has 0 amide bonds. The summed E-state index contributed by atoms with van der Waals surface area (Å²) in [7, 11) is 1.72. The minimum absolute atomic E-state index is 0.559. The highest BCUT2D eigenvalue weighted by Crippen LogP contribution is 2.33. The number of ether oxygens (including phenoxy) is 1. The van der Waals surface area contributed by atoms with Crippen molar-refractivity contribution in [3.05, 3.63) is 23.3 Å². The molecule has 4 heteroatoms. The van der Waals surface area contributed by atoms with Crippen LogP contribution in [0, 0.1) is 12.8 Å². The monoisotopic (exact) mass is 277 g/mol. The molecule has 0 spiro atoms. The van der Waals surface area contributed by atoms with Crippen molar-refractivity contribution in [2.45, 2.75) is 52.0 Å². The third kappa shape index (κ3) is 4.53. The zero-order valence-corrected chi connectivity index (χ0v) is 13.0. The summed E-state index contributed by atoms with van der Waals surface area (Å²) in [5, 5.41) is 3.35. The van der Waals surface area contributed by atoms with E-state index in [2.05, 4.69) is 30.2 Å². The van der Waals surface area contributed by atoms with E-state index in [1.165, 1.54) is 25.7 Å². The molecule has 1 fully saturated rings. The molecule has 0 radical (unpaired) electrons. The third-order valence-corrected chi connectivity index (χ3v) is 4.09. The van der Waals surface area contributed by atoms with Crippen LogP contribution in [0.1, 0.15) is 55.7 Å². The predicted molar refractivity (Wildman–Crippen MR) is 80.7 cm³/mol. The van der Waals surface area contributed by atoms with E-state index < -0.39 is 0 Å². The van der Waals surface area contributed by atoms with Gasteiger partial charge in [0.25, 0.3) is 0 Å². The second-order valence-electron chi connectivity index (χ2n) is 5.99. The van der Waals surface area contributed by atoms with Gasteiger partial charge in [-0.05, 0) is 31.7 Å². The minimum Gasteiger partial charge on any atom is -0.383 e. The third-order valence-electron chi connectivity index (χ3n) is 4.09. The largest absolute Gasteiger partial charge is 0.383 e. The quantitative estimate of drug-likeness (QED) is 0.812. The molecule has 4 nitrogen and oxygen atoms in total. The lowest BCUT2D eigenvalue weighted by Gasteiger charge is -2.25. The molecule has 20 heavy (non-hydrogen) atoms. The second kappa shape index (κ2) is 7.70. The maximum absolute atomic E-state index is 5.04. The number of hydrogen-bond acceptors (Lipinski definition) is 4. The van der Waals surface area contributed by atoms with E-state index in [-0.39, 0.29) is 0 Å². The van der Waals surface area contributed by atoms with Gasteiger partial charge in [-0.25, -0.2) is 9.97 Å². The second-order valence-corrected chi connectivity index (χ2v) is 5.99. The van der Waals surface area contributed by atoms with Crippen LogP contribution in [0.3, 0.4) is 0 Å². The predicted octanol–water partition coefficient (Wildman–Crippen LogP) is 2.81. The first-order valence-corrected chi connectivity index (χ1v) is 7.73. The van der Waals surface area contributed by atoms with Crippen molar-refractivity contribution in [2.75, 3.05) is 20.3 Å². The highest BCUT2D eigenvalue weighted by molar-refractivity contribution is 5.12. The minimum atomic E-state index is 0.559. The van der Waals surface area contributed by atoms with Gasteiger partial charge in [0, 0.05) is 31.8 Å². The molecule has 2 rings (SSSR count). The summed E-state index contributed by atoms with van der Waals surface area (Å²) in [4.78, 5) is 9.43. The van der Waals surface area contributed by atoms with Crippen molar-refractivity contribution in [1.29, 1.82) is 0 Å². The fraction of sp³-hybridized carbons (Fsp3) is 0.750. The molecule has 0 unspecified atom stereocenters. The number of hydrogen-bond donors (Lipinski definition) is 1. The smallest absolute Gasteiger partial charge is 0.131 e. The molecular formula is C16H27N3O. The topological polar surface area (TPSA) is 47.0 Å². The lowest BCUT2D eigenvalue weighted by molar-refractivity contribution is 0.199. The Kier molecular flexibility index (Phi) is 5.92. The summed E-state index contributed by atoms with van der Waals surface area (Å²) in [5.74, 6) is 2.48. The number of aromatic nitrogens is 2. The Hall–Kier alpha value is -1.00. The summed E-state index contributed by atoms with van der Waals surface area (Å²) in [6.45, 7) is 6.80. The molecule has 112 valence electrons. The zero-order chi connectivity index (χ0) is 14.4. The number of nitrogens with one attached hydrogen (secondary N) is 1. The standard InChI is InChI=1S/C16H27N3O/c1-12-4-6-14(7-5-12)16-18-13(2)10-15(19-16)11-17-8-9-20-3/h10,12,14,17H,4-9,11H2,1-3H3. The zero-order valence-electron chi connectivity index (χ0n) is 13.0. The first-order valence-electron chi connectivity index (χ1n) is 7.73. The van der Waals surface area contributed by atoms with Crippen molar-refractivity contribution in [3.8, 4) is 0 Å². The Morgan fingerprint density at radius 2 is 2.00 bits per heavy atom. The van der Waals surface area contributed by atoms with Crippen molar-refractivity contribution in [2.24, 2.45) is 5.92 Å². The average molecular weight is 277 g/mol. The van der Waals surface area contributed by atoms with Gasteiger partial charge in [0.15, 0.2) is 0 Å². The van der Waals surface area contributed by atoms with Gasteiger partial charge in [-0.1, -0.05) is 19.8 Å². The Morgan fingerprint density at radius 3 is 2.70 bits per heavy atom. The molecule has 0 saturated heterocycles. The van der Waals surface area contributed by atoms with Crippen molar-refractivity contribution in [1.82, 2.24) is 15.3 Å². The molecule has 0 bridgehead atoms. The van der Waals surface area contributed by atoms with Gasteiger partial charge < -0.3 is 10.1 Å². The van der Waals surface area contributed by atoms with Crippen molar-refractivity contribution < 1.29 is 4.74 Å².